The van der Waals surface area contributed by atoms with E-state index in [0.29, 0.717) is 12.6 Å². The van der Waals surface area contributed by atoms with E-state index >= 15 is 0 Å². The standard InChI is InChI=1S/C11H22NO/c1-12(2)7-9-5-3-4-6-10(9)11(12)8-13/h9-11,13H,3-8H2,1-2H3/q+1/t9-,10+,11-/m1/s1. The summed E-state index contributed by atoms with van der Waals surface area (Å²) >= 11 is 0. The highest BCUT2D eigenvalue weighted by Gasteiger charge is 2.49. The van der Waals surface area contributed by atoms with Crippen molar-refractivity contribution in [2.45, 2.75) is 31.7 Å². The third-order valence-electron chi connectivity index (χ3n) is 4.25. The van der Waals surface area contributed by atoms with Crippen molar-refractivity contribution in [3.63, 3.8) is 0 Å². The summed E-state index contributed by atoms with van der Waals surface area (Å²) < 4.78 is 1.05. The van der Waals surface area contributed by atoms with E-state index in [-0.39, 0.29) is 0 Å². The molecule has 76 valence electrons. The van der Waals surface area contributed by atoms with Gasteiger partial charge in [-0.05, 0) is 12.8 Å². The third kappa shape index (κ3) is 1.50. The number of fused-ring (bicyclic) bond motifs is 1. The first-order valence-corrected chi connectivity index (χ1v) is 5.58. The van der Waals surface area contributed by atoms with Crippen molar-refractivity contribution in [3.8, 4) is 0 Å². The Morgan fingerprint density at radius 2 is 1.92 bits per heavy atom. The minimum atomic E-state index is 0.383. The fourth-order valence-corrected chi connectivity index (χ4v) is 3.58. The average molecular weight is 184 g/mol. The molecule has 0 unspecified atom stereocenters. The molecule has 0 radical (unpaired) electrons. The van der Waals surface area contributed by atoms with Gasteiger partial charge < -0.3 is 9.59 Å². The van der Waals surface area contributed by atoms with Gasteiger partial charge >= 0.3 is 0 Å². The van der Waals surface area contributed by atoms with Crippen LogP contribution >= 0.6 is 0 Å². The Morgan fingerprint density at radius 1 is 1.23 bits per heavy atom. The lowest BCUT2D eigenvalue weighted by Crippen LogP contribution is -2.48. The molecule has 2 rings (SSSR count). The van der Waals surface area contributed by atoms with Gasteiger partial charge in [0.2, 0.25) is 0 Å². The minimum Gasteiger partial charge on any atom is -0.390 e. The molecule has 0 bridgehead atoms. The zero-order chi connectivity index (χ0) is 9.47. The molecular weight excluding hydrogens is 162 g/mol. The van der Waals surface area contributed by atoms with Crippen molar-refractivity contribution < 1.29 is 9.59 Å². The van der Waals surface area contributed by atoms with Crippen LogP contribution in [0.4, 0.5) is 0 Å². The molecule has 3 atom stereocenters. The van der Waals surface area contributed by atoms with Gasteiger partial charge in [-0.1, -0.05) is 12.8 Å². The highest BCUT2D eigenvalue weighted by molar-refractivity contribution is 4.86. The molecule has 1 saturated carbocycles. The molecule has 13 heavy (non-hydrogen) atoms. The van der Waals surface area contributed by atoms with Crippen molar-refractivity contribution in [2.24, 2.45) is 11.8 Å². The molecule has 1 aliphatic heterocycles. The van der Waals surface area contributed by atoms with Gasteiger partial charge in [-0.3, -0.25) is 0 Å². The second-order valence-corrected chi connectivity index (χ2v) is 5.42. The van der Waals surface area contributed by atoms with Crippen molar-refractivity contribution in [3.05, 3.63) is 0 Å². The molecule has 0 aromatic carbocycles. The lowest BCUT2D eigenvalue weighted by atomic mass is 9.79. The summed E-state index contributed by atoms with van der Waals surface area (Å²) in [6.45, 7) is 1.67. The summed E-state index contributed by atoms with van der Waals surface area (Å²) in [5.74, 6) is 1.72. The molecule has 0 aromatic heterocycles. The summed E-state index contributed by atoms with van der Waals surface area (Å²) in [6.07, 6.45) is 5.57. The summed E-state index contributed by atoms with van der Waals surface area (Å²) in [5.41, 5.74) is 0. The van der Waals surface area contributed by atoms with Gasteiger partial charge in [0.25, 0.3) is 0 Å². The number of quaternary nitrogens is 1. The first-order chi connectivity index (χ1) is 6.15. The number of rotatable bonds is 1. The highest BCUT2D eigenvalue weighted by atomic mass is 16.3. The van der Waals surface area contributed by atoms with E-state index in [4.69, 9.17) is 0 Å². The van der Waals surface area contributed by atoms with E-state index < -0.39 is 0 Å². The molecule has 0 amide bonds. The fraction of sp³-hybridized carbons (Fsp3) is 1.00. The van der Waals surface area contributed by atoms with Crippen LogP contribution in [0.5, 0.6) is 0 Å². The lowest BCUT2D eigenvalue weighted by Gasteiger charge is -2.32. The van der Waals surface area contributed by atoms with E-state index in [1.54, 1.807) is 0 Å². The largest absolute Gasteiger partial charge is 0.390 e. The molecule has 2 aliphatic rings. The van der Waals surface area contributed by atoms with Gasteiger partial charge in [-0.2, -0.15) is 0 Å². The first kappa shape index (κ1) is 9.47. The molecule has 1 saturated heterocycles. The van der Waals surface area contributed by atoms with Gasteiger partial charge in [0.15, 0.2) is 0 Å². The number of hydrogen-bond donors (Lipinski definition) is 1. The molecule has 2 fully saturated rings. The molecule has 1 aliphatic carbocycles. The second-order valence-electron chi connectivity index (χ2n) is 5.42. The zero-order valence-corrected chi connectivity index (χ0v) is 8.87. The zero-order valence-electron chi connectivity index (χ0n) is 8.87. The van der Waals surface area contributed by atoms with E-state index in [1.807, 2.05) is 0 Å². The van der Waals surface area contributed by atoms with Crippen LogP contribution in [-0.2, 0) is 0 Å². The van der Waals surface area contributed by atoms with Crippen LogP contribution < -0.4 is 0 Å². The summed E-state index contributed by atoms with van der Waals surface area (Å²) in [5, 5.41) is 9.42. The quantitative estimate of drug-likeness (QED) is 0.608. The molecule has 0 spiro atoms. The van der Waals surface area contributed by atoms with Gasteiger partial charge in [0, 0.05) is 11.8 Å². The van der Waals surface area contributed by atoms with E-state index in [9.17, 15) is 5.11 Å². The van der Waals surface area contributed by atoms with Gasteiger partial charge in [0.1, 0.15) is 6.04 Å². The SMILES string of the molecule is C[N+]1(C)C[C@H]2CCCC[C@@H]2[C@H]1CO. The Bertz CT molecular complexity index is 191. The first-order valence-electron chi connectivity index (χ1n) is 5.58. The second kappa shape index (κ2) is 3.25. The number of hydrogen-bond acceptors (Lipinski definition) is 1. The van der Waals surface area contributed by atoms with Gasteiger partial charge in [-0.15, -0.1) is 0 Å². The number of aliphatic hydroxyl groups is 1. The fourth-order valence-electron chi connectivity index (χ4n) is 3.58. The summed E-state index contributed by atoms with van der Waals surface area (Å²) in [7, 11) is 4.55. The monoisotopic (exact) mass is 184 g/mol. The summed E-state index contributed by atoms with van der Waals surface area (Å²) in [6, 6.07) is 0.519. The topological polar surface area (TPSA) is 20.2 Å². The minimum absolute atomic E-state index is 0.383. The normalized spacial score (nSPS) is 43.2. The highest BCUT2D eigenvalue weighted by Crippen LogP contribution is 2.42. The van der Waals surface area contributed by atoms with Crippen LogP contribution in [0.25, 0.3) is 0 Å². The Morgan fingerprint density at radius 3 is 2.62 bits per heavy atom. The molecule has 2 heteroatoms. The third-order valence-corrected chi connectivity index (χ3v) is 4.25. The van der Waals surface area contributed by atoms with E-state index in [0.717, 1.165) is 16.3 Å². The number of likely N-dealkylation sites (tertiary alicyclic amines) is 1. The molecule has 1 N–H and O–H groups in total. The number of aliphatic hydroxyl groups excluding tert-OH is 1. The maximum atomic E-state index is 9.42. The Balaban J connectivity index is 2.14. The Kier molecular flexibility index (Phi) is 2.37. The van der Waals surface area contributed by atoms with Crippen LogP contribution in [0.1, 0.15) is 25.7 Å². The van der Waals surface area contributed by atoms with Gasteiger partial charge in [-0.25, -0.2) is 0 Å². The van der Waals surface area contributed by atoms with Gasteiger partial charge in [0.05, 0.1) is 27.2 Å². The Hall–Kier alpha value is -0.0800. The van der Waals surface area contributed by atoms with Crippen LogP contribution in [0.15, 0.2) is 0 Å². The summed E-state index contributed by atoms with van der Waals surface area (Å²) in [4.78, 5) is 0. The number of nitrogens with zero attached hydrogens (tertiary/aromatic N) is 1. The van der Waals surface area contributed by atoms with Crippen LogP contribution in [0.2, 0.25) is 0 Å². The predicted molar refractivity (Wildman–Crippen MR) is 53.3 cm³/mol. The molecule has 1 heterocycles. The maximum absolute atomic E-state index is 9.42. The maximum Gasteiger partial charge on any atom is 0.115 e. The van der Waals surface area contributed by atoms with Crippen molar-refractivity contribution >= 4 is 0 Å². The molecular formula is C11H22NO+. The van der Waals surface area contributed by atoms with Crippen molar-refractivity contribution in [1.82, 2.24) is 0 Å². The Labute approximate surface area is 81.1 Å². The molecule has 0 aromatic rings. The number of likely N-dealkylation sites (N-methyl/N-ethyl adjacent to an activating group) is 1. The van der Waals surface area contributed by atoms with Crippen LogP contribution in [0.3, 0.4) is 0 Å². The lowest BCUT2D eigenvalue weighted by molar-refractivity contribution is -0.905. The van der Waals surface area contributed by atoms with E-state index in [2.05, 4.69) is 14.1 Å². The molecule has 2 nitrogen and oxygen atoms in total. The van der Waals surface area contributed by atoms with Crippen molar-refractivity contribution in [1.29, 1.82) is 0 Å². The van der Waals surface area contributed by atoms with Crippen LogP contribution in [0, 0.1) is 11.8 Å². The van der Waals surface area contributed by atoms with E-state index in [1.165, 1.54) is 32.2 Å². The predicted octanol–water partition coefficient (Wildman–Crippen LogP) is 1.24. The van der Waals surface area contributed by atoms with Crippen LogP contribution in [-0.4, -0.2) is 42.9 Å². The average Bonchev–Trinajstić information content (AvgIpc) is 2.33. The smallest absolute Gasteiger partial charge is 0.115 e. The van der Waals surface area contributed by atoms with Crippen molar-refractivity contribution in [2.75, 3.05) is 27.2 Å².